The SMILES string of the molecule is CC(C)=CCc1c(O)cc2oc(C)cc(=O)c2c1O.NC(=O)NO. The van der Waals surface area contributed by atoms with Gasteiger partial charge in [-0.2, -0.15) is 0 Å². The van der Waals surface area contributed by atoms with E-state index < -0.39 is 6.03 Å². The number of phenols is 2. The molecule has 24 heavy (non-hydrogen) atoms. The Bertz CT molecular complexity index is 835. The van der Waals surface area contributed by atoms with E-state index >= 15 is 0 Å². The molecule has 0 aliphatic heterocycles. The van der Waals surface area contributed by atoms with Gasteiger partial charge >= 0.3 is 6.03 Å². The molecule has 0 saturated heterocycles. The molecular formula is C16H20N2O6. The Kier molecular flexibility index (Phi) is 6.37. The molecule has 2 aromatic rings. The number of rotatable bonds is 2. The minimum absolute atomic E-state index is 0.0729. The van der Waals surface area contributed by atoms with Crippen LogP contribution in [0.3, 0.4) is 0 Å². The molecule has 130 valence electrons. The van der Waals surface area contributed by atoms with Gasteiger partial charge in [0.25, 0.3) is 0 Å². The second kappa shape index (κ2) is 8.02. The third-order valence-corrected chi connectivity index (χ3v) is 3.02. The number of phenolic OH excluding ortho intramolecular Hbond substituents is 2. The topological polar surface area (TPSA) is 146 Å². The number of hydrogen-bond acceptors (Lipinski definition) is 6. The molecule has 0 spiro atoms. The second-order valence-corrected chi connectivity index (χ2v) is 5.28. The quantitative estimate of drug-likeness (QED) is 0.322. The van der Waals surface area contributed by atoms with Crippen LogP contribution in [0.15, 0.2) is 33.0 Å². The highest BCUT2D eigenvalue weighted by Gasteiger charge is 2.15. The largest absolute Gasteiger partial charge is 0.507 e. The lowest BCUT2D eigenvalue weighted by Gasteiger charge is -2.08. The van der Waals surface area contributed by atoms with Crippen LogP contribution in [-0.4, -0.2) is 21.5 Å². The van der Waals surface area contributed by atoms with E-state index in [0.717, 1.165) is 5.57 Å². The first-order valence-electron chi connectivity index (χ1n) is 6.98. The third kappa shape index (κ3) is 4.75. The Morgan fingerprint density at radius 1 is 1.33 bits per heavy atom. The summed E-state index contributed by atoms with van der Waals surface area (Å²) >= 11 is 0. The number of carbonyl (C=O) groups excluding carboxylic acids is 1. The van der Waals surface area contributed by atoms with Gasteiger partial charge < -0.3 is 20.4 Å². The predicted octanol–water partition coefficient (Wildman–Crippen LogP) is 2.07. The van der Waals surface area contributed by atoms with Crippen molar-refractivity contribution < 1.29 is 24.6 Å². The molecule has 6 N–H and O–H groups in total. The number of hydrogen-bond donors (Lipinski definition) is 5. The number of nitrogens with one attached hydrogen (secondary N) is 1. The van der Waals surface area contributed by atoms with Crippen molar-refractivity contribution in [2.45, 2.75) is 27.2 Å². The third-order valence-electron chi connectivity index (χ3n) is 3.02. The number of carbonyl (C=O) groups is 1. The molecule has 1 aromatic carbocycles. The van der Waals surface area contributed by atoms with E-state index in [4.69, 9.17) is 9.62 Å². The zero-order valence-electron chi connectivity index (χ0n) is 13.6. The Morgan fingerprint density at radius 2 is 1.92 bits per heavy atom. The van der Waals surface area contributed by atoms with Crippen molar-refractivity contribution in [2.75, 3.05) is 0 Å². The molecule has 0 unspecified atom stereocenters. The zero-order chi connectivity index (χ0) is 18.4. The van der Waals surface area contributed by atoms with Gasteiger partial charge in [-0.05, 0) is 27.2 Å². The smallest absolute Gasteiger partial charge is 0.335 e. The van der Waals surface area contributed by atoms with Crippen molar-refractivity contribution in [3.8, 4) is 11.5 Å². The molecule has 2 amide bonds. The summed E-state index contributed by atoms with van der Waals surface area (Å²) in [6.45, 7) is 5.49. The van der Waals surface area contributed by atoms with Gasteiger partial charge in [0, 0.05) is 17.7 Å². The molecule has 0 bridgehead atoms. The molecule has 0 aliphatic carbocycles. The van der Waals surface area contributed by atoms with E-state index in [1.165, 1.54) is 17.6 Å². The van der Waals surface area contributed by atoms with E-state index in [9.17, 15) is 19.8 Å². The first-order chi connectivity index (χ1) is 11.2. The number of fused-ring (bicyclic) bond motifs is 1. The molecule has 0 atom stereocenters. The molecule has 0 aliphatic rings. The summed E-state index contributed by atoms with van der Waals surface area (Å²) in [6, 6.07) is 1.76. The zero-order valence-corrected chi connectivity index (χ0v) is 13.6. The summed E-state index contributed by atoms with van der Waals surface area (Å²) in [5.74, 6) is 0.158. The standard InChI is InChI=1S/C15H16O4.CH4N2O2/c1-8(2)4-5-10-11(16)7-13-14(15(10)18)12(17)6-9(3)19-13;2-1(4)3-5/h4,6-7,16,18H,5H2,1-3H3;5H,(H3,2,3,4). The number of nitrogens with two attached hydrogens (primary N) is 1. The molecule has 0 fully saturated rings. The highest BCUT2D eigenvalue weighted by molar-refractivity contribution is 5.86. The summed E-state index contributed by atoms with van der Waals surface area (Å²) in [5, 5.41) is 27.6. The average Bonchev–Trinajstić information content (AvgIpc) is 2.46. The highest BCUT2D eigenvalue weighted by atomic mass is 16.5. The minimum Gasteiger partial charge on any atom is -0.507 e. The van der Waals surface area contributed by atoms with Crippen LogP contribution in [0.5, 0.6) is 11.5 Å². The number of aryl methyl sites for hydroxylation is 1. The predicted molar refractivity (Wildman–Crippen MR) is 88.2 cm³/mol. The Labute approximate surface area is 137 Å². The molecule has 1 heterocycles. The number of benzene rings is 1. The van der Waals surface area contributed by atoms with Crippen LogP contribution >= 0.6 is 0 Å². The summed E-state index contributed by atoms with van der Waals surface area (Å²) in [7, 11) is 0. The maximum Gasteiger partial charge on any atom is 0.335 e. The summed E-state index contributed by atoms with van der Waals surface area (Å²) in [6.07, 6.45) is 2.24. The van der Waals surface area contributed by atoms with Gasteiger partial charge in [0.05, 0.1) is 0 Å². The number of allylic oxidation sites excluding steroid dienone is 2. The first-order valence-corrected chi connectivity index (χ1v) is 6.98. The number of urea groups is 1. The fourth-order valence-corrected chi connectivity index (χ4v) is 1.96. The van der Waals surface area contributed by atoms with Gasteiger partial charge in [0.15, 0.2) is 5.43 Å². The molecule has 0 radical (unpaired) electrons. The number of hydroxylamine groups is 1. The van der Waals surface area contributed by atoms with Crippen LogP contribution in [0.1, 0.15) is 25.2 Å². The fraction of sp³-hybridized carbons (Fsp3) is 0.250. The molecule has 8 heteroatoms. The van der Waals surface area contributed by atoms with Crippen LogP contribution < -0.4 is 16.6 Å². The van der Waals surface area contributed by atoms with Crippen LogP contribution in [0.4, 0.5) is 4.79 Å². The lowest BCUT2D eigenvalue weighted by atomic mass is 10.0. The van der Waals surface area contributed by atoms with Crippen molar-refractivity contribution in [3.63, 3.8) is 0 Å². The maximum atomic E-state index is 11.9. The maximum absolute atomic E-state index is 11.9. The van der Waals surface area contributed by atoms with Crippen molar-refractivity contribution in [1.29, 1.82) is 0 Å². The first kappa shape index (κ1) is 19.0. The van der Waals surface area contributed by atoms with Crippen LogP contribution in [-0.2, 0) is 6.42 Å². The normalized spacial score (nSPS) is 9.83. The fourth-order valence-electron chi connectivity index (χ4n) is 1.96. The molecule has 0 saturated carbocycles. The van der Waals surface area contributed by atoms with E-state index in [-0.39, 0.29) is 27.9 Å². The van der Waals surface area contributed by atoms with Crippen molar-refractivity contribution in [2.24, 2.45) is 5.73 Å². The highest BCUT2D eigenvalue weighted by Crippen LogP contribution is 2.34. The monoisotopic (exact) mass is 336 g/mol. The summed E-state index contributed by atoms with van der Waals surface area (Å²) in [4.78, 5) is 21.1. The molecule has 1 aromatic heterocycles. The Hall–Kier alpha value is -3.00. The van der Waals surface area contributed by atoms with E-state index in [1.54, 1.807) is 6.92 Å². The molecule has 2 rings (SSSR count). The Morgan fingerprint density at radius 3 is 2.42 bits per heavy atom. The lowest BCUT2D eigenvalue weighted by Crippen LogP contribution is -2.25. The number of amides is 2. The van der Waals surface area contributed by atoms with Gasteiger partial charge in [0.1, 0.15) is 28.2 Å². The molecular weight excluding hydrogens is 316 g/mol. The molecule has 8 nitrogen and oxygen atoms in total. The number of aromatic hydroxyl groups is 2. The van der Waals surface area contributed by atoms with Gasteiger partial charge in [-0.25, -0.2) is 10.3 Å². The van der Waals surface area contributed by atoms with Crippen molar-refractivity contribution in [1.82, 2.24) is 5.48 Å². The summed E-state index contributed by atoms with van der Waals surface area (Å²) < 4.78 is 5.35. The van der Waals surface area contributed by atoms with Gasteiger partial charge in [-0.15, -0.1) is 0 Å². The average molecular weight is 336 g/mol. The van der Waals surface area contributed by atoms with E-state index in [1.807, 2.05) is 19.9 Å². The number of primary amides is 1. The van der Waals surface area contributed by atoms with Gasteiger partial charge in [-0.3, -0.25) is 10.0 Å². The van der Waals surface area contributed by atoms with E-state index in [0.29, 0.717) is 17.7 Å². The van der Waals surface area contributed by atoms with Crippen molar-refractivity contribution >= 4 is 17.0 Å². The summed E-state index contributed by atoms with van der Waals surface area (Å²) in [5.41, 5.74) is 6.75. The van der Waals surface area contributed by atoms with Gasteiger partial charge in [-0.1, -0.05) is 11.6 Å². The van der Waals surface area contributed by atoms with Gasteiger partial charge in [0.2, 0.25) is 0 Å². The second-order valence-electron chi connectivity index (χ2n) is 5.28. The van der Waals surface area contributed by atoms with Crippen molar-refractivity contribution in [3.05, 3.63) is 45.3 Å². The van der Waals surface area contributed by atoms with Crippen LogP contribution in [0.25, 0.3) is 11.0 Å². The minimum atomic E-state index is -0.940. The lowest BCUT2D eigenvalue weighted by molar-refractivity contribution is 0.169. The van der Waals surface area contributed by atoms with Crippen LogP contribution in [0, 0.1) is 6.92 Å². The Balaban J connectivity index is 0.000000505. The van der Waals surface area contributed by atoms with Crippen LogP contribution in [0.2, 0.25) is 0 Å². The van der Waals surface area contributed by atoms with E-state index in [2.05, 4.69) is 5.73 Å².